The van der Waals surface area contributed by atoms with Crippen molar-refractivity contribution >= 4 is 17.5 Å². The van der Waals surface area contributed by atoms with E-state index in [4.69, 9.17) is 4.74 Å². The van der Waals surface area contributed by atoms with Crippen LogP contribution in [0, 0.1) is 11.3 Å². The van der Waals surface area contributed by atoms with E-state index in [-0.39, 0.29) is 11.6 Å². The highest BCUT2D eigenvalue weighted by atomic mass is 16.5. The van der Waals surface area contributed by atoms with Crippen molar-refractivity contribution in [3.8, 4) is 6.07 Å². The van der Waals surface area contributed by atoms with Gasteiger partial charge < -0.3 is 19.5 Å². The molecule has 0 radical (unpaired) electrons. The lowest BCUT2D eigenvalue weighted by molar-refractivity contribution is 0.0291. The summed E-state index contributed by atoms with van der Waals surface area (Å²) in [5, 5.41) is 12.0. The average molecular weight is 379 g/mol. The van der Waals surface area contributed by atoms with Gasteiger partial charge in [0.1, 0.15) is 6.07 Å². The second kappa shape index (κ2) is 7.82. The van der Waals surface area contributed by atoms with Crippen molar-refractivity contribution in [2.24, 2.45) is 0 Å². The van der Waals surface area contributed by atoms with Crippen LogP contribution in [0.5, 0.6) is 0 Å². The van der Waals surface area contributed by atoms with Crippen LogP contribution in [-0.2, 0) is 17.7 Å². The number of benzene rings is 1. The Labute approximate surface area is 162 Å². The number of imidazole rings is 1. The van der Waals surface area contributed by atoms with Crippen molar-refractivity contribution in [1.82, 2.24) is 14.5 Å². The van der Waals surface area contributed by atoms with Crippen LogP contribution in [0.25, 0.3) is 0 Å². The van der Waals surface area contributed by atoms with Crippen molar-refractivity contribution in [3.05, 3.63) is 47.0 Å². The van der Waals surface area contributed by atoms with Gasteiger partial charge in [-0.05, 0) is 31.4 Å². The molecule has 0 unspecified atom stereocenters. The molecule has 2 aliphatic rings. The van der Waals surface area contributed by atoms with Gasteiger partial charge in [0.2, 0.25) is 0 Å². The first-order valence-corrected chi connectivity index (χ1v) is 9.46. The number of hydrogen-bond donors (Lipinski definition) is 1. The predicted molar refractivity (Wildman–Crippen MR) is 101 cm³/mol. The van der Waals surface area contributed by atoms with Gasteiger partial charge >= 0.3 is 0 Å². The highest BCUT2D eigenvalue weighted by Crippen LogP contribution is 2.24. The maximum atomic E-state index is 13.0. The first kappa shape index (κ1) is 18.2. The van der Waals surface area contributed by atoms with Crippen LogP contribution in [-0.4, -0.2) is 52.6 Å². The molecule has 0 saturated carbocycles. The Balaban J connectivity index is 1.65. The fourth-order valence-corrected chi connectivity index (χ4v) is 3.67. The SMILES string of the molecule is N#Cc1ccccc1NC(=O)c1nc(C(=O)N2CCOCC2)n2c1CCCC2. The molecule has 28 heavy (non-hydrogen) atoms. The molecule has 2 amide bonds. The smallest absolute Gasteiger partial charge is 0.290 e. The molecule has 0 atom stereocenters. The lowest BCUT2D eigenvalue weighted by Gasteiger charge is -2.27. The minimum Gasteiger partial charge on any atom is -0.378 e. The van der Waals surface area contributed by atoms with Crippen molar-refractivity contribution in [1.29, 1.82) is 5.26 Å². The van der Waals surface area contributed by atoms with E-state index in [1.165, 1.54) is 0 Å². The Hall–Kier alpha value is -3.18. The van der Waals surface area contributed by atoms with E-state index in [0.717, 1.165) is 18.5 Å². The number of amides is 2. The van der Waals surface area contributed by atoms with E-state index in [1.54, 1.807) is 29.2 Å². The van der Waals surface area contributed by atoms with Gasteiger partial charge in [-0.15, -0.1) is 0 Å². The molecule has 1 aromatic carbocycles. The average Bonchev–Trinajstić information content (AvgIpc) is 3.14. The molecule has 144 valence electrons. The third-order valence-electron chi connectivity index (χ3n) is 5.12. The summed E-state index contributed by atoms with van der Waals surface area (Å²) in [6.45, 7) is 2.75. The quantitative estimate of drug-likeness (QED) is 0.877. The van der Waals surface area contributed by atoms with Crippen molar-refractivity contribution in [3.63, 3.8) is 0 Å². The van der Waals surface area contributed by atoms with Crippen LogP contribution in [0.2, 0.25) is 0 Å². The second-order valence-corrected chi connectivity index (χ2v) is 6.86. The zero-order valence-electron chi connectivity index (χ0n) is 15.5. The highest BCUT2D eigenvalue weighted by molar-refractivity contribution is 6.05. The molecule has 2 aromatic rings. The van der Waals surface area contributed by atoms with Crippen LogP contribution in [0.1, 0.15) is 45.2 Å². The van der Waals surface area contributed by atoms with E-state index in [9.17, 15) is 14.9 Å². The molecular formula is C20H21N5O3. The maximum Gasteiger partial charge on any atom is 0.290 e. The molecule has 8 heteroatoms. The number of hydrogen-bond acceptors (Lipinski definition) is 5. The number of rotatable bonds is 3. The van der Waals surface area contributed by atoms with E-state index >= 15 is 0 Å². The van der Waals surface area contributed by atoms with Gasteiger partial charge in [-0.1, -0.05) is 12.1 Å². The lowest BCUT2D eigenvalue weighted by atomic mass is 10.1. The van der Waals surface area contributed by atoms with Gasteiger partial charge in [0.05, 0.1) is 30.2 Å². The maximum absolute atomic E-state index is 13.0. The third-order valence-corrected chi connectivity index (χ3v) is 5.12. The molecule has 2 aliphatic heterocycles. The van der Waals surface area contributed by atoms with E-state index in [2.05, 4.69) is 16.4 Å². The number of nitrogens with one attached hydrogen (secondary N) is 1. The number of morpholine rings is 1. The van der Waals surface area contributed by atoms with Gasteiger partial charge in [0.25, 0.3) is 11.8 Å². The molecule has 0 bridgehead atoms. The summed E-state index contributed by atoms with van der Waals surface area (Å²) < 4.78 is 7.20. The zero-order valence-corrected chi connectivity index (χ0v) is 15.5. The molecule has 1 fully saturated rings. The first-order valence-electron chi connectivity index (χ1n) is 9.46. The minimum absolute atomic E-state index is 0.164. The molecular weight excluding hydrogens is 358 g/mol. The summed E-state index contributed by atoms with van der Waals surface area (Å²) in [5.41, 5.74) is 1.88. The lowest BCUT2D eigenvalue weighted by Crippen LogP contribution is -2.42. The van der Waals surface area contributed by atoms with Gasteiger partial charge in [-0.3, -0.25) is 9.59 Å². The number of para-hydroxylation sites is 1. The standard InChI is InChI=1S/C20H21N5O3/c21-13-14-5-1-2-6-15(14)22-19(26)17-16-7-3-4-8-25(16)18(23-17)20(27)24-9-11-28-12-10-24/h1-2,5-6H,3-4,7-12H2,(H,22,26). The van der Waals surface area contributed by atoms with Crippen molar-refractivity contribution < 1.29 is 14.3 Å². The molecule has 8 nitrogen and oxygen atoms in total. The highest BCUT2D eigenvalue weighted by Gasteiger charge is 2.30. The minimum atomic E-state index is -0.394. The normalized spacial score (nSPS) is 16.2. The number of ether oxygens (including phenoxy) is 1. The van der Waals surface area contributed by atoms with Crippen molar-refractivity contribution in [2.45, 2.75) is 25.8 Å². The van der Waals surface area contributed by atoms with Crippen molar-refractivity contribution in [2.75, 3.05) is 31.6 Å². The van der Waals surface area contributed by atoms with E-state index < -0.39 is 5.91 Å². The summed E-state index contributed by atoms with van der Waals surface area (Å²) >= 11 is 0. The molecule has 1 N–H and O–H groups in total. The van der Waals surface area contributed by atoms with E-state index in [1.807, 2.05) is 4.57 Å². The Morgan fingerprint density at radius 2 is 1.93 bits per heavy atom. The largest absolute Gasteiger partial charge is 0.378 e. The molecule has 1 saturated heterocycles. The first-order chi connectivity index (χ1) is 13.7. The summed E-state index contributed by atoms with van der Waals surface area (Å²) in [4.78, 5) is 32.1. The van der Waals surface area contributed by atoms with Gasteiger partial charge in [-0.2, -0.15) is 5.26 Å². The number of anilines is 1. The summed E-state index contributed by atoms with van der Waals surface area (Å²) in [6.07, 6.45) is 2.60. The second-order valence-electron chi connectivity index (χ2n) is 6.86. The summed E-state index contributed by atoms with van der Waals surface area (Å²) in [7, 11) is 0. The Kier molecular flexibility index (Phi) is 5.08. The monoisotopic (exact) mass is 379 g/mol. The number of carbonyl (C=O) groups excluding carboxylic acids is 2. The van der Waals surface area contributed by atoms with E-state index in [0.29, 0.717) is 56.3 Å². The van der Waals surface area contributed by atoms with Gasteiger partial charge in [0, 0.05) is 19.6 Å². The summed E-state index contributed by atoms with van der Waals surface area (Å²) in [6, 6.07) is 8.89. The fraction of sp³-hybridized carbons (Fsp3) is 0.400. The predicted octanol–water partition coefficient (Wildman–Crippen LogP) is 1.82. The van der Waals surface area contributed by atoms with Crippen LogP contribution < -0.4 is 5.32 Å². The zero-order chi connectivity index (χ0) is 19.5. The molecule has 1 aromatic heterocycles. The summed E-state index contributed by atoms with van der Waals surface area (Å²) in [5.74, 6) is -0.243. The number of nitriles is 1. The fourth-order valence-electron chi connectivity index (χ4n) is 3.67. The Morgan fingerprint density at radius 1 is 1.14 bits per heavy atom. The van der Waals surface area contributed by atoms with Crippen LogP contribution >= 0.6 is 0 Å². The molecule has 4 rings (SSSR count). The molecule has 0 aliphatic carbocycles. The number of carbonyl (C=O) groups is 2. The Bertz CT molecular complexity index is 953. The van der Waals surface area contributed by atoms with Gasteiger partial charge in [-0.25, -0.2) is 4.98 Å². The Morgan fingerprint density at radius 3 is 2.71 bits per heavy atom. The number of fused-ring (bicyclic) bond motifs is 1. The topological polar surface area (TPSA) is 100 Å². The third kappa shape index (κ3) is 3.37. The molecule has 0 spiro atoms. The van der Waals surface area contributed by atoms with Crippen LogP contribution in [0.4, 0.5) is 5.69 Å². The number of nitrogens with zero attached hydrogens (tertiary/aromatic N) is 4. The molecule has 3 heterocycles. The van der Waals surface area contributed by atoms with Gasteiger partial charge in [0.15, 0.2) is 11.5 Å². The number of aromatic nitrogens is 2. The van der Waals surface area contributed by atoms with Crippen LogP contribution in [0.3, 0.4) is 0 Å². The van der Waals surface area contributed by atoms with Crippen LogP contribution in [0.15, 0.2) is 24.3 Å².